The Kier molecular flexibility index (Phi) is 6.67. The van der Waals surface area contributed by atoms with E-state index in [1.54, 1.807) is 20.2 Å². The minimum atomic E-state index is -3.62. The summed E-state index contributed by atoms with van der Waals surface area (Å²) in [4.78, 5) is 0. The van der Waals surface area contributed by atoms with E-state index in [4.69, 9.17) is 9.15 Å². The Labute approximate surface area is 121 Å². The van der Waals surface area contributed by atoms with E-state index >= 15 is 0 Å². The second-order valence-corrected chi connectivity index (χ2v) is 6.44. The van der Waals surface area contributed by atoms with E-state index in [2.05, 4.69) is 5.32 Å². The Morgan fingerprint density at radius 2 is 2.15 bits per heavy atom. The molecular weight excluding hydrogens is 280 g/mol. The number of nitrogens with zero attached hydrogens (tertiary/aromatic N) is 1. The van der Waals surface area contributed by atoms with Crippen molar-refractivity contribution < 1.29 is 17.6 Å². The van der Waals surface area contributed by atoms with Gasteiger partial charge in [-0.2, -0.15) is 4.31 Å². The SMILES string of the molecule is CCC(C)N(CCOC)S(=O)(=O)c1ccc(CNC)o1. The number of sulfonamides is 1. The van der Waals surface area contributed by atoms with Crippen molar-refractivity contribution in [2.75, 3.05) is 27.3 Å². The van der Waals surface area contributed by atoms with Crippen LogP contribution < -0.4 is 5.32 Å². The van der Waals surface area contributed by atoms with Crippen LogP contribution in [-0.4, -0.2) is 46.1 Å². The fraction of sp³-hybridized carbons (Fsp3) is 0.692. The van der Waals surface area contributed by atoms with E-state index in [1.165, 1.54) is 10.4 Å². The molecule has 0 aromatic carbocycles. The van der Waals surface area contributed by atoms with Crippen LogP contribution in [0.15, 0.2) is 21.6 Å². The molecule has 1 unspecified atom stereocenters. The van der Waals surface area contributed by atoms with E-state index in [1.807, 2.05) is 13.8 Å². The third kappa shape index (κ3) is 4.05. The van der Waals surface area contributed by atoms with Gasteiger partial charge in [-0.25, -0.2) is 8.42 Å². The normalized spacial score (nSPS) is 13.8. The molecule has 0 aliphatic heterocycles. The first-order valence-electron chi connectivity index (χ1n) is 6.71. The number of ether oxygens (including phenoxy) is 1. The quantitative estimate of drug-likeness (QED) is 0.747. The maximum atomic E-state index is 12.6. The molecule has 1 N–H and O–H groups in total. The van der Waals surface area contributed by atoms with Gasteiger partial charge in [-0.3, -0.25) is 0 Å². The molecule has 0 saturated heterocycles. The van der Waals surface area contributed by atoms with Gasteiger partial charge in [0.2, 0.25) is 5.09 Å². The van der Waals surface area contributed by atoms with Gasteiger partial charge >= 0.3 is 0 Å². The van der Waals surface area contributed by atoms with Crippen molar-refractivity contribution in [3.05, 3.63) is 17.9 Å². The summed E-state index contributed by atoms with van der Waals surface area (Å²) in [6.45, 7) is 5.00. The topological polar surface area (TPSA) is 71.8 Å². The molecule has 20 heavy (non-hydrogen) atoms. The van der Waals surface area contributed by atoms with E-state index in [0.717, 1.165) is 6.42 Å². The van der Waals surface area contributed by atoms with Gasteiger partial charge in [0.05, 0.1) is 13.2 Å². The summed E-state index contributed by atoms with van der Waals surface area (Å²) >= 11 is 0. The molecule has 0 fully saturated rings. The molecule has 1 rings (SSSR count). The van der Waals surface area contributed by atoms with Gasteiger partial charge < -0.3 is 14.5 Å². The second-order valence-electron chi connectivity index (χ2n) is 4.62. The fourth-order valence-corrected chi connectivity index (χ4v) is 3.47. The Hall–Kier alpha value is -0.890. The number of nitrogens with one attached hydrogen (secondary N) is 1. The molecule has 7 heteroatoms. The van der Waals surface area contributed by atoms with Crippen LogP contribution in [0.1, 0.15) is 26.0 Å². The Morgan fingerprint density at radius 3 is 2.70 bits per heavy atom. The molecule has 1 aromatic heterocycles. The van der Waals surface area contributed by atoms with Gasteiger partial charge in [0.25, 0.3) is 10.0 Å². The maximum Gasteiger partial charge on any atom is 0.276 e. The van der Waals surface area contributed by atoms with Crippen molar-refractivity contribution in [2.45, 2.75) is 37.9 Å². The van der Waals surface area contributed by atoms with Crippen molar-refractivity contribution >= 4 is 10.0 Å². The highest BCUT2D eigenvalue weighted by atomic mass is 32.2. The standard InChI is InChI=1S/C13H24N2O4S/c1-5-11(2)15(8-9-18-4)20(16,17)13-7-6-12(19-13)10-14-3/h6-7,11,14H,5,8-10H2,1-4H3. The maximum absolute atomic E-state index is 12.6. The van der Waals surface area contributed by atoms with Crippen molar-refractivity contribution in [1.29, 1.82) is 0 Å². The largest absolute Gasteiger partial charge is 0.447 e. The lowest BCUT2D eigenvalue weighted by Gasteiger charge is -2.26. The van der Waals surface area contributed by atoms with Crippen LogP contribution in [0, 0.1) is 0 Å². The molecule has 116 valence electrons. The first kappa shape index (κ1) is 17.2. The average Bonchev–Trinajstić information content (AvgIpc) is 2.88. The lowest BCUT2D eigenvalue weighted by Crippen LogP contribution is -2.40. The minimum Gasteiger partial charge on any atom is -0.447 e. The van der Waals surface area contributed by atoms with E-state index in [0.29, 0.717) is 25.5 Å². The summed E-state index contributed by atoms with van der Waals surface area (Å²) in [6.07, 6.45) is 0.729. The van der Waals surface area contributed by atoms with Gasteiger partial charge in [0.15, 0.2) is 0 Å². The van der Waals surface area contributed by atoms with Crippen LogP contribution in [0.25, 0.3) is 0 Å². The Bertz CT molecular complexity index is 498. The molecule has 1 aromatic rings. The van der Waals surface area contributed by atoms with E-state index in [-0.39, 0.29) is 11.1 Å². The summed E-state index contributed by atoms with van der Waals surface area (Å²) in [5.74, 6) is 0.599. The monoisotopic (exact) mass is 304 g/mol. The smallest absolute Gasteiger partial charge is 0.276 e. The lowest BCUT2D eigenvalue weighted by atomic mass is 10.3. The summed E-state index contributed by atoms with van der Waals surface area (Å²) < 4.78 is 37.1. The fourth-order valence-electron chi connectivity index (χ4n) is 1.84. The van der Waals surface area contributed by atoms with Gasteiger partial charge in [-0.1, -0.05) is 6.92 Å². The van der Waals surface area contributed by atoms with Crippen LogP contribution in [0.4, 0.5) is 0 Å². The highest BCUT2D eigenvalue weighted by Crippen LogP contribution is 2.21. The van der Waals surface area contributed by atoms with Crippen LogP contribution in [0.2, 0.25) is 0 Å². The zero-order valence-corrected chi connectivity index (χ0v) is 13.4. The Morgan fingerprint density at radius 1 is 1.45 bits per heavy atom. The molecule has 6 nitrogen and oxygen atoms in total. The molecule has 0 amide bonds. The summed E-state index contributed by atoms with van der Waals surface area (Å²) in [5.41, 5.74) is 0. The molecule has 0 bridgehead atoms. The molecule has 0 radical (unpaired) electrons. The molecule has 1 heterocycles. The van der Waals surface area contributed by atoms with Crippen molar-refractivity contribution in [2.24, 2.45) is 0 Å². The molecular formula is C13H24N2O4S. The lowest BCUT2D eigenvalue weighted by molar-refractivity contribution is 0.166. The summed E-state index contributed by atoms with van der Waals surface area (Å²) in [7, 11) is -0.290. The first-order chi connectivity index (χ1) is 9.47. The van der Waals surface area contributed by atoms with Crippen molar-refractivity contribution in [3.8, 4) is 0 Å². The predicted octanol–water partition coefficient (Wildman–Crippen LogP) is 1.43. The Balaban J connectivity index is 3.01. The number of furan rings is 1. The summed E-state index contributed by atoms with van der Waals surface area (Å²) in [6, 6.07) is 3.08. The highest BCUT2D eigenvalue weighted by molar-refractivity contribution is 7.89. The van der Waals surface area contributed by atoms with Gasteiger partial charge in [-0.15, -0.1) is 0 Å². The van der Waals surface area contributed by atoms with Crippen molar-refractivity contribution in [1.82, 2.24) is 9.62 Å². The third-order valence-corrected chi connectivity index (χ3v) is 5.04. The van der Waals surface area contributed by atoms with Crippen molar-refractivity contribution in [3.63, 3.8) is 0 Å². The van der Waals surface area contributed by atoms with E-state index < -0.39 is 10.0 Å². The zero-order valence-electron chi connectivity index (χ0n) is 12.5. The third-order valence-electron chi connectivity index (χ3n) is 3.15. The van der Waals surface area contributed by atoms with Crippen LogP contribution in [-0.2, 0) is 21.3 Å². The van der Waals surface area contributed by atoms with Crippen LogP contribution in [0.3, 0.4) is 0 Å². The predicted molar refractivity (Wildman–Crippen MR) is 77.0 cm³/mol. The zero-order chi connectivity index (χ0) is 15.2. The molecule has 0 aliphatic carbocycles. The number of hydrogen-bond donors (Lipinski definition) is 1. The molecule has 0 spiro atoms. The second kappa shape index (κ2) is 7.78. The average molecular weight is 304 g/mol. The van der Waals surface area contributed by atoms with E-state index in [9.17, 15) is 8.42 Å². The minimum absolute atomic E-state index is 0.0147. The van der Waals surface area contributed by atoms with Crippen LogP contribution >= 0.6 is 0 Å². The van der Waals surface area contributed by atoms with Gasteiger partial charge in [-0.05, 0) is 32.5 Å². The molecule has 0 saturated carbocycles. The highest BCUT2D eigenvalue weighted by Gasteiger charge is 2.30. The first-order valence-corrected chi connectivity index (χ1v) is 8.15. The number of rotatable bonds is 9. The van der Waals surface area contributed by atoms with Crippen LogP contribution in [0.5, 0.6) is 0 Å². The van der Waals surface area contributed by atoms with Gasteiger partial charge in [0.1, 0.15) is 5.76 Å². The number of methoxy groups -OCH3 is 1. The number of hydrogen-bond acceptors (Lipinski definition) is 5. The van der Waals surface area contributed by atoms with Gasteiger partial charge in [0, 0.05) is 19.7 Å². The molecule has 1 atom stereocenters. The molecule has 0 aliphatic rings. The summed E-state index contributed by atoms with van der Waals surface area (Å²) in [5, 5.41) is 2.91.